The maximum atomic E-state index is 5.87. The van der Waals surface area contributed by atoms with Crippen LogP contribution in [0.25, 0.3) is 11.2 Å². The van der Waals surface area contributed by atoms with Crippen LogP contribution in [0.2, 0.25) is 0 Å². The molecule has 0 saturated heterocycles. The van der Waals surface area contributed by atoms with Gasteiger partial charge < -0.3 is 10.3 Å². The van der Waals surface area contributed by atoms with Crippen molar-refractivity contribution in [1.82, 2.24) is 24.7 Å². The first-order chi connectivity index (χ1) is 8.74. The number of nitrogen functional groups attached to an aromatic ring is 1. The fourth-order valence-corrected chi connectivity index (χ4v) is 1.85. The first-order valence-corrected chi connectivity index (χ1v) is 5.60. The Morgan fingerprint density at radius 1 is 1.39 bits per heavy atom. The third-order valence-electron chi connectivity index (χ3n) is 2.66. The number of anilines is 1. The lowest BCUT2D eigenvalue weighted by molar-refractivity contribution is 0.386. The van der Waals surface area contributed by atoms with Gasteiger partial charge in [0.25, 0.3) is 0 Å². The van der Waals surface area contributed by atoms with Gasteiger partial charge in [0, 0.05) is 26.1 Å². The van der Waals surface area contributed by atoms with E-state index in [1.54, 1.807) is 13.1 Å². The third-order valence-corrected chi connectivity index (χ3v) is 2.66. The highest BCUT2D eigenvalue weighted by Crippen LogP contribution is 2.15. The molecule has 0 saturated carbocycles. The summed E-state index contributed by atoms with van der Waals surface area (Å²) in [6, 6.07) is 3.72. The number of aryl methyl sites for hydroxylation is 3. The molecule has 2 N–H and O–H groups in total. The van der Waals surface area contributed by atoms with Gasteiger partial charge in [-0.05, 0) is 12.1 Å². The number of fused-ring (bicyclic) bond motifs is 1. The van der Waals surface area contributed by atoms with Crippen LogP contribution in [0.1, 0.15) is 11.7 Å². The van der Waals surface area contributed by atoms with Crippen molar-refractivity contribution in [1.29, 1.82) is 0 Å². The standard InChI is InChI=1S/C11H12N6O/c1-7-14-9(16-18-7)4-6-17-10-8(15-11(17)12)3-2-5-13-10/h2-3,5H,4,6H2,1H3,(H2,12,15). The molecule has 3 rings (SSSR count). The Hall–Kier alpha value is -2.44. The summed E-state index contributed by atoms with van der Waals surface area (Å²) >= 11 is 0. The largest absolute Gasteiger partial charge is 0.369 e. The summed E-state index contributed by atoms with van der Waals surface area (Å²) in [5, 5.41) is 3.84. The Morgan fingerprint density at radius 2 is 2.28 bits per heavy atom. The topological polar surface area (TPSA) is 95.7 Å². The molecule has 3 aromatic rings. The zero-order valence-electron chi connectivity index (χ0n) is 9.87. The van der Waals surface area contributed by atoms with Gasteiger partial charge >= 0.3 is 0 Å². The molecule has 18 heavy (non-hydrogen) atoms. The zero-order valence-corrected chi connectivity index (χ0v) is 9.87. The number of hydrogen-bond acceptors (Lipinski definition) is 6. The average Bonchev–Trinajstić information content (AvgIpc) is 2.90. The SMILES string of the molecule is Cc1nc(CCn2c(N)nc3cccnc32)no1. The van der Waals surface area contributed by atoms with Crippen molar-refractivity contribution in [3.8, 4) is 0 Å². The van der Waals surface area contributed by atoms with Crippen LogP contribution >= 0.6 is 0 Å². The molecular formula is C11H12N6O. The predicted molar refractivity (Wildman–Crippen MR) is 64.7 cm³/mol. The van der Waals surface area contributed by atoms with Gasteiger partial charge in [0.1, 0.15) is 5.52 Å². The van der Waals surface area contributed by atoms with Crippen LogP contribution in [0.3, 0.4) is 0 Å². The van der Waals surface area contributed by atoms with E-state index >= 15 is 0 Å². The minimum Gasteiger partial charge on any atom is -0.369 e. The number of imidazole rings is 1. The number of rotatable bonds is 3. The summed E-state index contributed by atoms with van der Waals surface area (Å²) in [6.45, 7) is 2.39. The Kier molecular flexibility index (Phi) is 2.44. The molecule has 0 aliphatic carbocycles. The van der Waals surface area contributed by atoms with E-state index < -0.39 is 0 Å². The summed E-state index contributed by atoms with van der Waals surface area (Å²) in [5.74, 6) is 1.67. The van der Waals surface area contributed by atoms with Crippen LogP contribution in [0.5, 0.6) is 0 Å². The number of hydrogen-bond donors (Lipinski definition) is 1. The lowest BCUT2D eigenvalue weighted by Crippen LogP contribution is -2.07. The van der Waals surface area contributed by atoms with Crippen molar-refractivity contribution < 1.29 is 4.52 Å². The van der Waals surface area contributed by atoms with Gasteiger partial charge in [0.15, 0.2) is 11.5 Å². The zero-order chi connectivity index (χ0) is 12.5. The molecule has 0 fully saturated rings. The van der Waals surface area contributed by atoms with Crippen LogP contribution in [-0.4, -0.2) is 24.7 Å². The fraction of sp³-hybridized carbons (Fsp3) is 0.273. The Labute approximate surface area is 103 Å². The molecule has 7 nitrogen and oxygen atoms in total. The van der Waals surface area contributed by atoms with Crippen LogP contribution in [0.4, 0.5) is 5.95 Å². The van der Waals surface area contributed by atoms with E-state index in [-0.39, 0.29) is 0 Å². The fourth-order valence-electron chi connectivity index (χ4n) is 1.85. The lowest BCUT2D eigenvalue weighted by atomic mass is 10.4. The third kappa shape index (κ3) is 1.79. The molecule has 0 radical (unpaired) electrons. The van der Waals surface area contributed by atoms with Crippen molar-refractivity contribution >= 4 is 17.1 Å². The first kappa shape index (κ1) is 10.7. The van der Waals surface area contributed by atoms with Crippen molar-refractivity contribution in [2.75, 3.05) is 5.73 Å². The van der Waals surface area contributed by atoms with E-state index in [1.807, 2.05) is 16.7 Å². The minimum atomic E-state index is 0.448. The summed E-state index contributed by atoms with van der Waals surface area (Å²) < 4.78 is 6.77. The minimum absolute atomic E-state index is 0.448. The second-order valence-electron chi connectivity index (χ2n) is 3.95. The van der Waals surface area contributed by atoms with Gasteiger partial charge in [-0.25, -0.2) is 9.97 Å². The van der Waals surface area contributed by atoms with Gasteiger partial charge in [0.05, 0.1) is 0 Å². The van der Waals surface area contributed by atoms with Crippen LogP contribution in [0.15, 0.2) is 22.9 Å². The van der Waals surface area contributed by atoms with Gasteiger partial charge in [0.2, 0.25) is 11.8 Å². The normalized spacial score (nSPS) is 11.2. The molecule has 0 atom stereocenters. The first-order valence-electron chi connectivity index (χ1n) is 5.60. The van der Waals surface area contributed by atoms with Crippen LogP contribution in [-0.2, 0) is 13.0 Å². The van der Waals surface area contributed by atoms with Gasteiger partial charge in [-0.1, -0.05) is 5.16 Å². The molecule has 92 valence electrons. The van der Waals surface area contributed by atoms with Crippen molar-refractivity contribution in [3.05, 3.63) is 30.0 Å². The molecular weight excluding hydrogens is 232 g/mol. The number of aromatic nitrogens is 5. The Bertz CT molecular complexity index is 686. The summed E-state index contributed by atoms with van der Waals surface area (Å²) in [4.78, 5) is 12.7. The highest BCUT2D eigenvalue weighted by Gasteiger charge is 2.10. The molecule has 0 unspecified atom stereocenters. The summed E-state index contributed by atoms with van der Waals surface area (Å²) in [7, 11) is 0. The van der Waals surface area contributed by atoms with Gasteiger partial charge in [-0.3, -0.25) is 4.57 Å². The van der Waals surface area contributed by atoms with Gasteiger partial charge in [-0.15, -0.1) is 0 Å². The number of nitrogens with two attached hydrogens (primary N) is 1. The molecule has 0 aliphatic rings. The molecule has 7 heteroatoms. The maximum Gasteiger partial charge on any atom is 0.223 e. The number of nitrogens with zero attached hydrogens (tertiary/aromatic N) is 5. The molecule has 3 aromatic heterocycles. The quantitative estimate of drug-likeness (QED) is 0.736. The van der Waals surface area contributed by atoms with Crippen molar-refractivity contribution in [2.24, 2.45) is 0 Å². The maximum absolute atomic E-state index is 5.87. The van der Waals surface area contributed by atoms with Gasteiger partial charge in [-0.2, -0.15) is 4.98 Å². The van der Waals surface area contributed by atoms with E-state index in [9.17, 15) is 0 Å². The van der Waals surface area contributed by atoms with E-state index in [0.29, 0.717) is 30.6 Å². The molecule has 0 aliphatic heterocycles. The van der Waals surface area contributed by atoms with E-state index in [4.69, 9.17) is 10.3 Å². The summed E-state index contributed by atoms with van der Waals surface area (Å²) in [5.41, 5.74) is 7.43. The monoisotopic (exact) mass is 244 g/mol. The average molecular weight is 244 g/mol. The van der Waals surface area contributed by atoms with E-state index in [2.05, 4.69) is 20.1 Å². The molecule has 0 amide bonds. The second kappa shape index (κ2) is 4.10. The molecule has 3 heterocycles. The number of pyridine rings is 1. The predicted octanol–water partition coefficient (Wildman–Crippen LogP) is 0.948. The van der Waals surface area contributed by atoms with E-state index in [1.165, 1.54) is 0 Å². The molecule has 0 bridgehead atoms. The molecule has 0 spiro atoms. The smallest absolute Gasteiger partial charge is 0.223 e. The summed E-state index contributed by atoms with van der Waals surface area (Å²) in [6.07, 6.45) is 2.35. The second-order valence-corrected chi connectivity index (χ2v) is 3.95. The van der Waals surface area contributed by atoms with Crippen LogP contribution < -0.4 is 5.73 Å². The lowest BCUT2D eigenvalue weighted by Gasteiger charge is -2.02. The highest BCUT2D eigenvalue weighted by atomic mass is 16.5. The van der Waals surface area contributed by atoms with Crippen LogP contribution in [0, 0.1) is 6.92 Å². The van der Waals surface area contributed by atoms with E-state index in [0.717, 1.165) is 11.2 Å². The van der Waals surface area contributed by atoms with Crippen molar-refractivity contribution in [2.45, 2.75) is 19.9 Å². The molecule has 0 aromatic carbocycles. The van der Waals surface area contributed by atoms with Crippen molar-refractivity contribution in [3.63, 3.8) is 0 Å². The Balaban J connectivity index is 1.88. The Morgan fingerprint density at radius 3 is 3.06 bits per heavy atom. The highest BCUT2D eigenvalue weighted by molar-refractivity contribution is 5.73.